The van der Waals surface area contributed by atoms with Crippen LogP contribution in [0.2, 0.25) is 0 Å². The summed E-state index contributed by atoms with van der Waals surface area (Å²) in [5, 5.41) is 3.01. The Bertz CT molecular complexity index is 734. The first-order valence-corrected chi connectivity index (χ1v) is 9.41. The molecule has 0 saturated heterocycles. The van der Waals surface area contributed by atoms with Crippen LogP contribution in [0.25, 0.3) is 11.3 Å². The number of benzene rings is 1. The first-order valence-electron chi connectivity index (χ1n) is 8.62. The molecule has 3 rings (SSSR count). The highest BCUT2D eigenvalue weighted by Crippen LogP contribution is 2.34. The van der Waals surface area contributed by atoms with Crippen LogP contribution >= 0.6 is 15.9 Å². The number of ether oxygens (including phenoxy) is 1. The SMILES string of the molecule is CC(C)(C)OC(=O)N[C@H]1CCC[C@H]1c1ncc(-c2ccc(Br)cc2)[nH]1. The van der Waals surface area contributed by atoms with E-state index in [1.165, 1.54) is 0 Å². The lowest BCUT2D eigenvalue weighted by molar-refractivity contribution is 0.0500. The van der Waals surface area contributed by atoms with Gasteiger partial charge in [0.25, 0.3) is 0 Å². The Hall–Kier alpha value is -1.82. The number of halogens is 1. The predicted molar refractivity (Wildman–Crippen MR) is 101 cm³/mol. The highest BCUT2D eigenvalue weighted by molar-refractivity contribution is 9.10. The highest BCUT2D eigenvalue weighted by atomic mass is 79.9. The summed E-state index contributed by atoms with van der Waals surface area (Å²) in [5.74, 6) is 1.12. The fourth-order valence-electron chi connectivity index (χ4n) is 3.22. The van der Waals surface area contributed by atoms with E-state index in [9.17, 15) is 4.79 Å². The van der Waals surface area contributed by atoms with Gasteiger partial charge in [0.15, 0.2) is 0 Å². The average Bonchev–Trinajstić information content (AvgIpc) is 3.14. The van der Waals surface area contributed by atoms with Gasteiger partial charge in [0.1, 0.15) is 11.4 Å². The van der Waals surface area contributed by atoms with Crippen molar-refractivity contribution in [3.63, 3.8) is 0 Å². The zero-order chi connectivity index (χ0) is 18.0. The quantitative estimate of drug-likeness (QED) is 0.754. The molecule has 1 heterocycles. The Morgan fingerprint density at radius 3 is 2.68 bits per heavy atom. The maximum absolute atomic E-state index is 12.1. The van der Waals surface area contributed by atoms with E-state index in [4.69, 9.17) is 4.74 Å². The van der Waals surface area contributed by atoms with Gasteiger partial charge in [-0.05, 0) is 51.3 Å². The van der Waals surface area contributed by atoms with Gasteiger partial charge < -0.3 is 15.0 Å². The maximum atomic E-state index is 12.1. The lowest BCUT2D eigenvalue weighted by Gasteiger charge is -2.24. The topological polar surface area (TPSA) is 67.0 Å². The number of amides is 1. The second-order valence-corrected chi connectivity index (χ2v) is 8.39. The third-order valence-corrected chi connectivity index (χ3v) is 4.85. The number of alkyl carbamates (subject to hydrolysis) is 1. The fourth-order valence-corrected chi connectivity index (χ4v) is 3.48. The largest absolute Gasteiger partial charge is 0.444 e. The minimum Gasteiger partial charge on any atom is -0.444 e. The molecule has 1 saturated carbocycles. The van der Waals surface area contributed by atoms with Gasteiger partial charge in [0.05, 0.1) is 11.9 Å². The number of H-pyrrole nitrogens is 1. The van der Waals surface area contributed by atoms with Crippen molar-refractivity contribution in [2.45, 2.75) is 57.6 Å². The molecule has 134 valence electrons. The normalized spacial score (nSPS) is 20.5. The van der Waals surface area contributed by atoms with E-state index in [0.29, 0.717) is 0 Å². The number of aromatic amines is 1. The summed E-state index contributed by atoms with van der Waals surface area (Å²) in [6.45, 7) is 5.61. The summed E-state index contributed by atoms with van der Waals surface area (Å²) in [6, 6.07) is 8.17. The minimum atomic E-state index is -0.488. The molecule has 1 aliphatic carbocycles. The van der Waals surface area contributed by atoms with Crippen molar-refractivity contribution in [2.24, 2.45) is 0 Å². The molecule has 6 heteroatoms. The number of hydrogen-bond donors (Lipinski definition) is 2. The van der Waals surface area contributed by atoms with E-state index in [1.807, 2.05) is 51.2 Å². The average molecular weight is 406 g/mol. The molecule has 0 aliphatic heterocycles. The van der Waals surface area contributed by atoms with Crippen molar-refractivity contribution in [1.29, 1.82) is 0 Å². The molecule has 0 bridgehead atoms. The second kappa shape index (κ2) is 7.20. The molecule has 5 nitrogen and oxygen atoms in total. The molecule has 2 N–H and O–H groups in total. The summed E-state index contributed by atoms with van der Waals surface area (Å²) in [5.41, 5.74) is 1.60. The van der Waals surface area contributed by atoms with Crippen LogP contribution in [0.5, 0.6) is 0 Å². The van der Waals surface area contributed by atoms with Crippen molar-refractivity contribution < 1.29 is 9.53 Å². The summed E-state index contributed by atoms with van der Waals surface area (Å²) in [4.78, 5) is 20.1. The van der Waals surface area contributed by atoms with Crippen LogP contribution in [0.1, 0.15) is 51.8 Å². The molecular weight excluding hydrogens is 382 g/mol. The molecule has 1 fully saturated rings. The number of hydrogen-bond acceptors (Lipinski definition) is 3. The Morgan fingerprint density at radius 1 is 1.28 bits per heavy atom. The summed E-state index contributed by atoms with van der Waals surface area (Å²) in [7, 11) is 0. The van der Waals surface area contributed by atoms with Gasteiger partial charge in [0.2, 0.25) is 0 Å². The summed E-state index contributed by atoms with van der Waals surface area (Å²) >= 11 is 3.45. The van der Waals surface area contributed by atoms with Crippen molar-refractivity contribution >= 4 is 22.0 Å². The number of nitrogens with one attached hydrogen (secondary N) is 2. The van der Waals surface area contributed by atoms with Gasteiger partial charge in [-0.1, -0.05) is 34.5 Å². The van der Waals surface area contributed by atoms with Gasteiger partial charge in [-0.25, -0.2) is 9.78 Å². The van der Waals surface area contributed by atoms with Crippen LogP contribution in [-0.2, 0) is 4.74 Å². The van der Waals surface area contributed by atoms with Crippen molar-refractivity contribution in [1.82, 2.24) is 15.3 Å². The Labute approximate surface area is 156 Å². The van der Waals surface area contributed by atoms with E-state index in [-0.39, 0.29) is 18.1 Å². The summed E-state index contributed by atoms with van der Waals surface area (Å²) < 4.78 is 6.43. The number of imidazole rings is 1. The third kappa shape index (κ3) is 4.63. The van der Waals surface area contributed by atoms with Crippen LogP contribution in [-0.4, -0.2) is 27.7 Å². The molecule has 2 aromatic rings. The third-order valence-electron chi connectivity index (χ3n) is 4.32. The maximum Gasteiger partial charge on any atom is 0.407 e. The van der Waals surface area contributed by atoms with Crippen LogP contribution in [0.3, 0.4) is 0 Å². The number of carbonyl (C=O) groups is 1. The monoisotopic (exact) mass is 405 g/mol. The van der Waals surface area contributed by atoms with Crippen molar-refractivity contribution in [3.05, 3.63) is 40.8 Å². The predicted octanol–water partition coefficient (Wildman–Crippen LogP) is 5.00. The summed E-state index contributed by atoms with van der Waals surface area (Å²) in [6.07, 6.45) is 4.52. The van der Waals surface area contributed by atoms with Crippen LogP contribution in [0, 0.1) is 0 Å². The number of rotatable bonds is 3. The van der Waals surface area contributed by atoms with Gasteiger partial charge in [-0.3, -0.25) is 0 Å². The smallest absolute Gasteiger partial charge is 0.407 e. The second-order valence-electron chi connectivity index (χ2n) is 7.48. The minimum absolute atomic E-state index is 0.0544. The Balaban J connectivity index is 1.70. The molecule has 1 amide bonds. The lowest BCUT2D eigenvalue weighted by atomic mass is 10.0. The molecule has 0 unspecified atom stereocenters. The Morgan fingerprint density at radius 2 is 2.00 bits per heavy atom. The van der Waals surface area contributed by atoms with E-state index in [2.05, 4.69) is 31.2 Å². The molecule has 1 aromatic heterocycles. The van der Waals surface area contributed by atoms with Gasteiger partial charge in [0, 0.05) is 16.4 Å². The molecule has 1 aromatic carbocycles. The van der Waals surface area contributed by atoms with Crippen LogP contribution in [0.15, 0.2) is 34.9 Å². The Kier molecular flexibility index (Phi) is 5.18. The van der Waals surface area contributed by atoms with E-state index >= 15 is 0 Å². The van der Waals surface area contributed by atoms with Gasteiger partial charge in [-0.15, -0.1) is 0 Å². The first kappa shape index (κ1) is 18.0. The molecule has 0 radical (unpaired) electrons. The first-order chi connectivity index (χ1) is 11.8. The zero-order valence-corrected chi connectivity index (χ0v) is 16.4. The van der Waals surface area contributed by atoms with Crippen molar-refractivity contribution in [3.8, 4) is 11.3 Å². The molecule has 25 heavy (non-hydrogen) atoms. The molecule has 0 spiro atoms. The number of carbonyl (C=O) groups excluding carboxylic acids is 1. The standard InChI is InChI=1S/C19H24BrN3O2/c1-19(2,3)25-18(24)23-15-6-4-5-14(15)17-21-11-16(22-17)12-7-9-13(20)10-8-12/h7-11,14-15H,4-6H2,1-3H3,(H,21,22)(H,23,24)/t14-,15+/m1/s1. The van der Waals surface area contributed by atoms with Gasteiger partial charge >= 0.3 is 6.09 Å². The lowest BCUT2D eigenvalue weighted by Crippen LogP contribution is -2.40. The van der Waals surface area contributed by atoms with E-state index in [0.717, 1.165) is 40.8 Å². The van der Waals surface area contributed by atoms with Crippen LogP contribution < -0.4 is 5.32 Å². The highest BCUT2D eigenvalue weighted by Gasteiger charge is 2.33. The number of nitrogens with zero attached hydrogens (tertiary/aromatic N) is 1. The number of aromatic nitrogens is 2. The van der Waals surface area contributed by atoms with E-state index in [1.54, 1.807) is 0 Å². The van der Waals surface area contributed by atoms with Gasteiger partial charge in [-0.2, -0.15) is 0 Å². The van der Waals surface area contributed by atoms with E-state index < -0.39 is 5.60 Å². The molecular formula is C19H24BrN3O2. The molecule has 2 atom stereocenters. The molecule has 1 aliphatic rings. The fraction of sp³-hybridized carbons (Fsp3) is 0.474. The van der Waals surface area contributed by atoms with Crippen LogP contribution in [0.4, 0.5) is 4.79 Å². The van der Waals surface area contributed by atoms with Crippen molar-refractivity contribution in [2.75, 3.05) is 0 Å². The zero-order valence-electron chi connectivity index (χ0n) is 14.8.